The summed E-state index contributed by atoms with van der Waals surface area (Å²) in [6.45, 7) is 1.50. The van der Waals surface area contributed by atoms with Gasteiger partial charge in [-0.1, -0.05) is 30.3 Å². The molecule has 5 nitrogen and oxygen atoms in total. The summed E-state index contributed by atoms with van der Waals surface area (Å²) >= 11 is 0. The number of benzene rings is 2. The molecule has 5 heteroatoms. The highest BCUT2D eigenvalue weighted by molar-refractivity contribution is 5.65. The summed E-state index contributed by atoms with van der Waals surface area (Å²) in [6, 6.07) is 16.4. The Morgan fingerprint density at radius 3 is 2.67 bits per heavy atom. The fourth-order valence-electron chi connectivity index (χ4n) is 2.55. The standard InChI is InChI=1S/C19H20N2O3/c1-23-17-7-3-6-16(11-17)15-5-2-4-14(10-15)12-20-9-8-18-13-21-19(22)24-18/h2-7,10-11,13,20H,8-9,12H2,1H3,(H,21,22). The molecule has 1 aromatic heterocycles. The van der Waals surface area contributed by atoms with Crippen LogP contribution in [0.3, 0.4) is 0 Å². The van der Waals surface area contributed by atoms with Crippen molar-refractivity contribution in [2.75, 3.05) is 13.7 Å². The average molecular weight is 324 g/mol. The third-order valence-corrected chi connectivity index (χ3v) is 3.78. The summed E-state index contributed by atoms with van der Waals surface area (Å²) in [5, 5.41) is 3.36. The number of hydrogen-bond acceptors (Lipinski definition) is 4. The molecule has 0 unspecified atom stereocenters. The van der Waals surface area contributed by atoms with Crippen LogP contribution in [0.25, 0.3) is 11.1 Å². The van der Waals surface area contributed by atoms with Gasteiger partial charge in [-0.3, -0.25) is 4.98 Å². The molecular weight excluding hydrogens is 304 g/mol. The molecule has 2 N–H and O–H groups in total. The van der Waals surface area contributed by atoms with Gasteiger partial charge in [0.2, 0.25) is 0 Å². The molecule has 2 aromatic carbocycles. The maximum atomic E-state index is 10.9. The van der Waals surface area contributed by atoms with Crippen LogP contribution in [0, 0.1) is 0 Å². The number of oxazole rings is 1. The van der Waals surface area contributed by atoms with E-state index >= 15 is 0 Å². The number of H-pyrrole nitrogens is 1. The molecule has 0 bridgehead atoms. The second-order valence-electron chi connectivity index (χ2n) is 5.50. The maximum absolute atomic E-state index is 10.9. The van der Waals surface area contributed by atoms with Crippen molar-refractivity contribution in [2.24, 2.45) is 0 Å². The SMILES string of the molecule is COc1cccc(-c2cccc(CNCCc3c[nH]c(=O)o3)c2)c1. The first-order chi connectivity index (χ1) is 11.7. The van der Waals surface area contributed by atoms with Gasteiger partial charge >= 0.3 is 5.76 Å². The molecule has 1 heterocycles. The fraction of sp³-hybridized carbons (Fsp3) is 0.211. The highest BCUT2D eigenvalue weighted by atomic mass is 16.5. The Labute approximate surface area is 140 Å². The second-order valence-corrected chi connectivity index (χ2v) is 5.50. The number of aromatic amines is 1. The molecule has 0 fully saturated rings. The van der Waals surface area contributed by atoms with E-state index in [1.165, 1.54) is 5.56 Å². The highest BCUT2D eigenvalue weighted by Gasteiger charge is 2.02. The van der Waals surface area contributed by atoms with E-state index in [2.05, 4.69) is 40.6 Å². The molecule has 0 radical (unpaired) electrons. The molecule has 0 spiro atoms. The minimum atomic E-state index is -0.406. The Morgan fingerprint density at radius 2 is 1.92 bits per heavy atom. The number of hydrogen-bond donors (Lipinski definition) is 2. The minimum absolute atomic E-state index is 0.406. The summed E-state index contributed by atoms with van der Waals surface area (Å²) in [5.41, 5.74) is 3.49. The van der Waals surface area contributed by atoms with Gasteiger partial charge in [0.25, 0.3) is 0 Å². The average Bonchev–Trinajstić information content (AvgIpc) is 3.04. The topological polar surface area (TPSA) is 67.3 Å². The lowest BCUT2D eigenvalue weighted by atomic mass is 10.0. The molecule has 3 rings (SSSR count). The van der Waals surface area contributed by atoms with Crippen LogP contribution >= 0.6 is 0 Å². The molecule has 3 aromatic rings. The quantitative estimate of drug-likeness (QED) is 0.656. The molecule has 0 atom stereocenters. The van der Waals surface area contributed by atoms with Gasteiger partial charge in [0.15, 0.2) is 0 Å². The first kappa shape index (κ1) is 16.1. The summed E-state index contributed by atoms with van der Waals surface area (Å²) < 4.78 is 10.3. The van der Waals surface area contributed by atoms with Crippen LogP contribution in [0.4, 0.5) is 0 Å². The monoisotopic (exact) mass is 324 g/mol. The zero-order valence-electron chi connectivity index (χ0n) is 13.5. The van der Waals surface area contributed by atoms with E-state index in [1.807, 2.05) is 18.2 Å². The maximum Gasteiger partial charge on any atom is 0.416 e. The zero-order chi connectivity index (χ0) is 16.8. The van der Waals surface area contributed by atoms with E-state index in [-0.39, 0.29) is 0 Å². The first-order valence-corrected chi connectivity index (χ1v) is 7.86. The highest BCUT2D eigenvalue weighted by Crippen LogP contribution is 2.24. The molecule has 24 heavy (non-hydrogen) atoms. The number of methoxy groups -OCH3 is 1. The van der Waals surface area contributed by atoms with Crippen LogP contribution in [0.5, 0.6) is 5.75 Å². The molecule has 0 saturated heterocycles. The van der Waals surface area contributed by atoms with Crippen LogP contribution in [0.1, 0.15) is 11.3 Å². The van der Waals surface area contributed by atoms with E-state index < -0.39 is 5.76 Å². The number of aromatic nitrogens is 1. The van der Waals surface area contributed by atoms with Crippen molar-refractivity contribution >= 4 is 0 Å². The third kappa shape index (κ3) is 4.14. The second kappa shape index (κ2) is 7.66. The fourth-order valence-corrected chi connectivity index (χ4v) is 2.55. The van der Waals surface area contributed by atoms with Gasteiger partial charge in [-0.05, 0) is 34.9 Å². The van der Waals surface area contributed by atoms with E-state index in [0.717, 1.165) is 30.0 Å². The molecule has 0 amide bonds. The van der Waals surface area contributed by atoms with Crippen molar-refractivity contribution in [3.05, 3.63) is 76.6 Å². The van der Waals surface area contributed by atoms with Gasteiger partial charge in [0, 0.05) is 25.7 Å². The molecule has 0 aliphatic heterocycles. The van der Waals surface area contributed by atoms with E-state index in [9.17, 15) is 4.79 Å². The normalized spacial score (nSPS) is 10.7. The van der Waals surface area contributed by atoms with Crippen LogP contribution in [0.2, 0.25) is 0 Å². The summed E-state index contributed by atoms with van der Waals surface area (Å²) in [4.78, 5) is 13.4. The lowest BCUT2D eigenvalue weighted by molar-refractivity contribution is 0.415. The van der Waals surface area contributed by atoms with Crippen molar-refractivity contribution < 1.29 is 9.15 Å². The first-order valence-electron chi connectivity index (χ1n) is 7.86. The van der Waals surface area contributed by atoms with Crippen molar-refractivity contribution in [2.45, 2.75) is 13.0 Å². The zero-order valence-corrected chi connectivity index (χ0v) is 13.5. The predicted molar refractivity (Wildman–Crippen MR) is 93.2 cm³/mol. The van der Waals surface area contributed by atoms with E-state index in [4.69, 9.17) is 9.15 Å². The van der Waals surface area contributed by atoms with Crippen molar-refractivity contribution in [1.29, 1.82) is 0 Å². The van der Waals surface area contributed by atoms with Crippen molar-refractivity contribution in [1.82, 2.24) is 10.3 Å². The lowest BCUT2D eigenvalue weighted by Crippen LogP contribution is -2.16. The summed E-state index contributed by atoms with van der Waals surface area (Å²) in [5.74, 6) is 1.11. The Hall–Kier alpha value is -2.79. The molecule has 0 aliphatic rings. The molecular formula is C19H20N2O3. The largest absolute Gasteiger partial charge is 0.497 e. The van der Waals surface area contributed by atoms with E-state index in [1.54, 1.807) is 13.3 Å². The van der Waals surface area contributed by atoms with Gasteiger partial charge in [-0.25, -0.2) is 4.79 Å². The number of nitrogens with one attached hydrogen (secondary N) is 2. The van der Waals surface area contributed by atoms with Crippen LogP contribution < -0.4 is 15.8 Å². The number of ether oxygens (including phenoxy) is 1. The van der Waals surface area contributed by atoms with Gasteiger partial charge in [-0.2, -0.15) is 0 Å². The summed E-state index contributed by atoms with van der Waals surface area (Å²) in [7, 11) is 1.67. The lowest BCUT2D eigenvalue weighted by Gasteiger charge is -2.08. The smallest absolute Gasteiger partial charge is 0.416 e. The predicted octanol–water partition coefficient (Wildman–Crippen LogP) is 2.98. The Kier molecular flexibility index (Phi) is 5.13. The molecule has 0 saturated carbocycles. The number of rotatable bonds is 7. The Balaban J connectivity index is 1.59. The van der Waals surface area contributed by atoms with Crippen LogP contribution in [-0.4, -0.2) is 18.6 Å². The van der Waals surface area contributed by atoms with Gasteiger partial charge < -0.3 is 14.5 Å². The molecule has 124 valence electrons. The minimum Gasteiger partial charge on any atom is -0.497 e. The molecule has 0 aliphatic carbocycles. The van der Waals surface area contributed by atoms with Crippen molar-refractivity contribution in [3.8, 4) is 16.9 Å². The van der Waals surface area contributed by atoms with Gasteiger partial charge in [0.1, 0.15) is 11.5 Å². The summed E-state index contributed by atoms with van der Waals surface area (Å²) in [6.07, 6.45) is 2.28. The van der Waals surface area contributed by atoms with Crippen LogP contribution in [-0.2, 0) is 13.0 Å². The van der Waals surface area contributed by atoms with E-state index in [0.29, 0.717) is 12.2 Å². The Bertz CT molecular complexity index is 851. The van der Waals surface area contributed by atoms with Crippen molar-refractivity contribution in [3.63, 3.8) is 0 Å². The van der Waals surface area contributed by atoms with Crippen LogP contribution in [0.15, 0.2) is 63.9 Å². The van der Waals surface area contributed by atoms with Gasteiger partial charge in [-0.15, -0.1) is 0 Å². The third-order valence-electron chi connectivity index (χ3n) is 3.78. The Morgan fingerprint density at radius 1 is 1.12 bits per heavy atom. The van der Waals surface area contributed by atoms with Gasteiger partial charge in [0.05, 0.1) is 7.11 Å².